The monoisotopic (exact) mass is 407 g/mol. The average Bonchev–Trinajstić information content (AvgIpc) is 3.13. The Hall–Kier alpha value is -2.04. The van der Waals surface area contributed by atoms with E-state index in [1.54, 1.807) is 0 Å². The lowest BCUT2D eigenvalue weighted by molar-refractivity contribution is -0.301. The van der Waals surface area contributed by atoms with Crippen LogP contribution in [0.25, 0.3) is 0 Å². The highest BCUT2D eigenvalue weighted by Gasteiger charge is 2.87. The van der Waals surface area contributed by atoms with Gasteiger partial charge in [-0.05, 0) is 97.8 Å². The van der Waals surface area contributed by atoms with Crippen LogP contribution < -0.4 is 10.6 Å². The van der Waals surface area contributed by atoms with Crippen molar-refractivity contribution in [2.45, 2.75) is 70.8 Å². The lowest BCUT2D eigenvalue weighted by Gasteiger charge is -2.78. The molecule has 1 aromatic rings. The second kappa shape index (κ2) is 5.80. The molecule has 0 aromatic heterocycles. The van der Waals surface area contributed by atoms with Gasteiger partial charge in [0.2, 0.25) is 0 Å². The molecule has 5 aliphatic rings. The topological polar surface area (TPSA) is 61.4 Å². The number of anilines is 1. The van der Waals surface area contributed by atoms with Gasteiger partial charge in [0, 0.05) is 29.9 Å². The summed E-state index contributed by atoms with van der Waals surface area (Å²) in [4.78, 5) is 27.4. The number of nitrogens with zero attached hydrogens (tertiary/aromatic N) is 1. The average molecular weight is 408 g/mol. The first-order valence-electron chi connectivity index (χ1n) is 11.8. The van der Waals surface area contributed by atoms with Crippen molar-refractivity contribution in [2.75, 3.05) is 18.4 Å². The van der Waals surface area contributed by atoms with Gasteiger partial charge < -0.3 is 15.5 Å². The van der Waals surface area contributed by atoms with Crippen LogP contribution in [0, 0.1) is 22.2 Å². The van der Waals surface area contributed by atoms with Crippen LogP contribution in [0.3, 0.4) is 0 Å². The second-order valence-corrected chi connectivity index (χ2v) is 11.5. The minimum absolute atomic E-state index is 0.0259. The number of nitrogens with one attached hydrogen (secondary N) is 2. The van der Waals surface area contributed by atoms with Crippen molar-refractivity contribution in [3.05, 3.63) is 29.8 Å². The highest BCUT2D eigenvalue weighted by Crippen LogP contribution is 2.92. The molecule has 160 valence electrons. The zero-order valence-electron chi connectivity index (χ0n) is 18.2. The van der Waals surface area contributed by atoms with Crippen molar-refractivity contribution >= 4 is 17.6 Å². The van der Waals surface area contributed by atoms with Crippen LogP contribution in [0.1, 0.15) is 75.6 Å². The number of rotatable bonds is 3. The van der Waals surface area contributed by atoms with Gasteiger partial charge in [-0.25, -0.2) is 4.79 Å². The van der Waals surface area contributed by atoms with E-state index in [0.717, 1.165) is 56.8 Å². The van der Waals surface area contributed by atoms with Crippen molar-refractivity contribution < 1.29 is 9.59 Å². The molecule has 4 saturated carbocycles. The summed E-state index contributed by atoms with van der Waals surface area (Å²) in [5.74, 6) is 0.901. The fourth-order valence-corrected chi connectivity index (χ4v) is 9.14. The molecule has 3 amide bonds. The van der Waals surface area contributed by atoms with Crippen LogP contribution in [0.2, 0.25) is 0 Å². The van der Waals surface area contributed by atoms with Gasteiger partial charge in [-0.1, -0.05) is 13.8 Å². The molecule has 2 bridgehead atoms. The first-order chi connectivity index (χ1) is 14.3. The molecule has 30 heavy (non-hydrogen) atoms. The summed E-state index contributed by atoms with van der Waals surface area (Å²) in [6.07, 6.45) is 9.50. The van der Waals surface area contributed by atoms with Gasteiger partial charge in [0.25, 0.3) is 5.91 Å². The molecule has 1 saturated heterocycles. The van der Waals surface area contributed by atoms with E-state index in [9.17, 15) is 9.59 Å². The van der Waals surface area contributed by atoms with Gasteiger partial charge in [0.05, 0.1) is 0 Å². The lowest BCUT2D eigenvalue weighted by Crippen LogP contribution is -2.72. The largest absolute Gasteiger partial charge is 0.339 e. The summed E-state index contributed by atoms with van der Waals surface area (Å²) in [6, 6.07) is 7.27. The maximum atomic E-state index is 12.9. The van der Waals surface area contributed by atoms with Crippen LogP contribution in [0.15, 0.2) is 24.3 Å². The van der Waals surface area contributed by atoms with Crippen LogP contribution in [0.5, 0.6) is 0 Å². The fraction of sp³-hybridized carbons (Fsp3) is 0.680. The Labute approximate surface area is 179 Å². The zero-order chi connectivity index (χ0) is 20.8. The smallest absolute Gasteiger partial charge is 0.319 e. The molecule has 4 aliphatic carbocycles. The summed E-state index contributed by atoms with van der Waals surface area (Å²) in [6.45, 7) is 6.63. The summed E-state index contributed by atoms with van der Waals surface area (Å²) >= 11 is 0. The lowest BCUT2D eigenvalue weighted by atomic mass is 9.26. The van der Waals surface area contributed by atoms with Crippen LogP contribution in [0.4, 0.5) is 10.5 Å². The third-order valence-electron chi connectivity index (χ3n) is 9.72. The third kappa shape index (κ3) is 2.24. The molecule has 0 radical (unpaired) electrons. The Kier molecular flexibility index (Phi) is 3.62. The molecule has 5 atom stereocenters. The Bertz CT molecular complexity index is 923. The molecule has 1 aliphatic heterocycles. The number of piperidine rings is 1. The predicted octanol–water partition coefficient (Wildman–Crippen LogP) is 4.79. The molecule has 6 rings (SSSR count). The van der Waals surface area contributed by atoms with Gasteiger partial charge in [-0.2, -0.15) is 0 Å². The van der Waals surface area contributed by atoms with Crippen LogP contribution in [-0.4, -0.2) is 35.5 Å². The first-order valence-corrected chi connectivity index (χ1v) is 11.8. The van der Waals surface area contributed by atoms with Gasteiger partial charge in [0.15, 0.2) is 0 Å². The number of hydrogen-bond acceptors (Lipinski definition) is 2. The van der Waals surface area contributed by atoms with Gasteiger partial charge in [-0.3, -0.25) is 4.79 Å². The minimum Gasteiger partial charge on any atom is -0.339 e. The summed E-state index contributed by atoms with van der Waals surface area (Å²) in [5, 5.41) is 6.41. The Balaban J connectivity index is 1.10. The quantitative estimate of drug-likeness (QED) is 0.756. The van der Waals surface area contributed by atoms with E-state index in [2.05, 4.69) is 24.5 Å². The second-order valence-electron chi connectivity index (χ2n) is 11.5. The van der Waals surface area contributed by atoms with Crippen molar-refractivity contribution in [3.8, 4) is 0 Å². The SMILES string of the molecule is CC12CC3CC4(NC(=O)Nc5ccc(C(=O)N6CCCCC6)cc5)CC(C)(C1)C32C4. The van der Waals surface area contributed by atoms with Crippen molar-refractivity contribution in [2.24, 2.45) is 22.2 Å². The molecule has 1 spiro atoms. The van der Waals surface area contributed by atoms with E-state index in [1.807, 2.05) is 29.2 Å². The number of likely N-dealkylation sites (tertiary alicyclic amines) is 1. The van der Waals surface area contributed by atoms with E-state index in [1.165, 1.54) is 19.3 Å². The minimum atomic E-state index is -0.102. The predicted molar refractivity (Wildman–Crippen MR) is 116 cm³/mol. The number of carbonyl (C=O) groups excluding carboxylic acids is 2. The summed E-state index contributed by atoms with van der Waals surface area (Å²) in [7, 11) is 0. The molecular formula is C25H33N3O2. The number of benzene rings is 1. The van der Waals surface area contributed by atoms with E-state index in [4.69, 9.17) is 0 Å². The molecule has 5 unspecified atom stereocenters. The molecule has 1 heterocycles. The number of carbonyl (C=O) groups is 2. The highest BCUT2D eigenvalue weighted by atomic mass is 16.2. The van der Waals surface area contributed by atoms with Gasteiger partial charge in [-0.15, -0.1) is 0 Å². The molecule has 5 nitrogen and oxygen atoms in total. The molecule has 5 fully saturated rings. The van der Waals surface area contributed by atoms with Gasteiger partial charge >= 0.3 is 6.03 Å². The van der Waals surface area contributed by atoms with Crippen LogP contribution in [-0.2, 0) is 0 Å². The first kappa shape index (κ1) is 18.7. The highest BCUT2D eigenvalue weighted by molar-refractivity contribution is 5.95. The van der Waals surface area contributed by atoms with E-state index in [-0.39, 0.29) is 17.5 Å². The standard InChI is InChI=1S/C25H33N3O2/c1-22-12-18-13-24(15-23(2,14-22)25(18,22)16-24)27-21(30)26-19-8-6-17(7-9-19)20(29)28-10-4-3-5-11-28/h6-9,18H,3-5,10-16H2,1-2H3,(H2,26,27,30). The fourth-order valence-electron chi connectivity index (χ4n) is 9.14. The Morgan fingerprint density at radius 3 is 2.30 bits per heavy atom. The van der Waals surface area contributed by atoms with Crippen molar-refractivity contribution in [1.82, 2.24) is 10.2 Å². The number of urea groups is 1. The molecular weight excluding hydrogens is 374 g/mol. The third-order valence-corrected chi connectivity index (χ3v) is 9.72. The van der Waals surface area contributed by atoms with E-state index in [0.29, 0.717) is 21.8 Å². The number of fused-ring (bicyclic) bond motifs is 1. The normalized spacial score (nSPS) is 42.7. The van der Waals surface area contributed by atoms with Crippen molar-refractivity contribution in [1.29, 1.82) is 0 Å². The zero-order valence-corrected chi connectivity index (χ0v) is 18.2. The maximum Gasteiger partial charge on any atom is 0.319 e. The molecule has 2 N–H and O–H groups in total. The summed E-state index contributed by atoms with van der Waals surface area (Å²) in [5.41, 5.74) is 2.86. The number of amides is 3. The maximum absolute atomic E-state index is 12.9. The van der Waals surface area contributed by atoms with Gasteiger partial charge in [0.1, 0.15) is 0 Å². The van der Waals surface area contributed by atoms with E-state index >= 15 is 0 Å². The summed E-state index contributed by atoms with van der Waals surface area (Å²) < 4.78 is 0. The molecule has 1 aromatic carbocycles. The number of hydrogen-bond donors (Lipinski definition) is 2. The van der Waals surface area contributed by atoms with E-state index < -0.39 is 0 Å². The van der Waals surface area contributed by atoms with Crippen LogP contribution >= 0.6 is 0 Å². The Morgan fingerprint density at radius 2 is 1.67 bits per heavy atom. The molecule has 5 heteroatoms. The Morgan fingerprint density at radius 1 is 0.933 bits per heavy atom. The van der Waals surface area contributed by atoms with Crippen molar-refractivity contribution in [3.63, 3.8) is 0 Å².